The molecule has 3 rings (SSSR count). The van der Waals surface area contributed by atoms with Gasteiger partial charge in [0.05, 0.1) is 16.3 Å². The molecule has 2 aromatic carbocycles. The molecule has 0 aliphatic rings. The summed E-state index contributed by atoms with van der Waals surface area (Å²) in [7, 11) is 0. The summed E-state index contributed by atoms with van der Waals surface area (Å²) in [5.74, 6) is -1.13. The zero-order valence-electron chi connectivity index (χ0n) is 11.5. The minimum Gasteiger partial charge on any atom is -0.298 e. The molecule has 3 aromatic rings. The third-order valence-electron chi connectivity index (χ3n) is 3.05. The predicted octanol–water partition coefficient (Wildman–Crippen LogP) is 5.51. The lowest BCUT2D eigenvalue weighted by Crippen LogP contribution is -2.13. The maximum Gasteiger partial charge on any atom is 0.260 e. The van der Waals surface area contributed by atoms with Gasteiger partial charge in [-0.2, -0.15) is 0 Å². The lowest BCUT2D eigenvalue weighted by atomic mass is 10.2. The summed E-state index contributed by atoms with van der Waals surface area (Å²) in [5, 5.41) is 5.69. The van der Waals surface area contributed by atoms with Gasteiger partial charge in [0.1, 0.15) is 5.82 Å². The fourth-order valence-corrected chi connectivity index (χ4v) is 3.17. The van der Waals surface area contributed by atoms with Crippen LogP contribution >= 0.6 is 34.5 Å². The summed E-state index contributed by atoms with van der Waals surface area (Å²) < 4.78 is 13.6. The second-order valence-corrected chi connectivity index (χ2v) is 6.30. The van der Waals surface area contributed by atoms with Crippen LogP contribution in [0.4, 0.5) is 9.52 Å². The number of halogens is 3. The average molecular weight is 367 g/mol. The molecule has 0 spiro atoms. The predicted molar refractivity (Wildman–Crippen MR) is 91.9 cm³/mol. The Morgan fingerprint density at radius 1 is 1.17 bits per heavy atom. The van der Waals surface area contributed by atoms with E-state index in [0.29, 0.717) is 26.4 Å². The van der Waals surface area contributed by atoms with Gasteiger partial charge in [-0.15, -0.1) is 11.3 Å². The van der Waals surface area contributed by atoms with Gasteiger partial charge in [-0.3, -0.25) is 10.1 Å². The van der Waals surface area contributed by atoms with Crippen LogP contribution in [0.15, 0.2) is 47.8 Å². The summed E-state index contributed by atoms with van der Waals surface area (Å²) in [6.45, 7) is 0. The van der Waals surface area contributed by atoms with Crippen molar-refractivity contribution < 1.29 is 9.18 Å². The number of aromatic nitrogens is 1. The summed E-state index contributed by atoms with van der Waals surface area (Å²) in [6, 6.07) is 10.8. The smallest absolute Gasteiger partial charge is 0.260 e. The molecule has 7 heteroatoms. The van der Waals surface area contributed by atoms with E-state index in [2.05, 4.69) is 10.3 Å². The Hall–Kier alpha value is -1.95. The van der Waals surface area contributed by atoms with Crippen LogP contribution in [0, 0.1) is 5.82 Å². The molecule has 0 atom stereocenters. The van der Waals surface area contributed by atoms with Crippen molar-refractivity contribution in [2.24, 2.45) is 0 Å². The average Bonchev–Trinajstić information content (AvgIpc) is 2.95. The summed E-state index contributed by atoms with van der Waals surface area (Å²) in [6.07, 6.45) is 0. The van der Waals surface area contributed by atoms with Crippen LogP contribution in [0.2, 0.25) is 10.0 Å². The van der Waals surface area contributed by atoms with E-state index in [1.54, 1.807) is 29.6 Å². The summed E-state index contributed by atoms with van der Waals surface area (Å²) >= 11 is 13.2. The van der Waals surface area contributed by atoms with E-state index in [4.69, 9.17) is 23.2 Å². The molecule has 3 nitrogen and oxygen atoms in total. The van der Waals surface area contributed by atoms with Gasteiger partial charge in [-0.1, -0.05) is 35.3 Å². The van der Waals surface area contributed by atoms with Crippen molar-refractivity contribution in [3.05, 3.63) is 69.3 Å². The number of hydrogen-bond donors (Lipinski definition) is 1. The molecule has 1 amide bonds. The van der Waals surface area contributed by atoms with Crippen LogP contribution in [0.25, 0.3) is 11.3 Å². The number of anilines is 1. The molecule has 1 N–H and O–H groups in total. The second-order valence-electron chi connectivity index (χ2n) is 4.60. The van der Waals surface area contributed by atoms with Crippen molar-refractivity contribution in [3.8, 4) is 11.3 Å². The van der Waals surface area contributed by atoms with Gasteiger partial charge in [-0.05, 0) is 30.3 Å². The quantitative estimate of drug-likeness (QED) is 0.663. The Balaban J connectivity index is 1.82. The van der Waals surface area contributed by atoms with Gasteiger partial charge in [0.25, 0.3) is 5.91 Å². The minimum absolute atomic E-state index is 0.0335. The Morgan fingerprint density at radius 3 is 2.70 bits per heavy atom. The first-order valence-corrected chi connectivity index (χ1v) is 8.15. The number of thiazole rings is 1. The highest BCUT2D eigenvalue weighted by molar-refractivity contribution is 7.14. The standard InChI is InChI=1S/C16H9Cl2FN2OS/c17-9-5-6-10(12(18)7-9)14-8-23-16(20-14)21-15(22)11-3-1-2-4-13(11)19/h1-8H,(H,20,21,22). The minimum atomic E-state index is -0.581. The number of hydrogen-bond acceptors (Lipinski definition) is 3. The number of nitrogens with zero attached hydrogens (tertiary/aromatic N) is 1. The van der Waals surface area contributed by atoms with Gasteiger partial charge >= 0.3 is 0 Å². The van der Waals surface area contributed by atoms with Gasteiger partial charge in [0, 0.05) is 16.0 Å². The summed E-state index contributed by atoms with van der Waals surface area (Å²) in [5.41, 5.74) is 1.29. The van der Waals surface area contributed by atoms with E-state index >= 15 is 0 Å². The zero-order valence-corrected chi connectivity index (χ0v) is 13.8. The lowest BCUT2D eigenvalue weighted by Gasteiger charge is -2.03. The maximum absolute atomic E-state index is 13.6. The van der Waals surface area contributed by atoms with Crippen molar-refractivity contribution >= 4 is 45.6 Å². The fourth-order valence-electron chi connectivity index (χ4n) is 1.96. The van der Waals surface area contributed by atoms with E-state index in [1.165, 1.54) is 29.5 Å². The molecule has 116 valence electrons. The van der Waals surface area contributed by atoms with Crippen molar-refractivity contribution in [1.29, 1.82) is 0 Å². The molecule has 0 bridgehead atoms. The molecule has 0 saturated carbocycles. The van der Waals surface area contributed by atoms with Crippen molar-refractivity contribution in [2.45, 2.75) is 0 Å². The second kappa shape index (κ2) is 6.66. The van der Waals surface area contributed by atoms with E-state index in [9.17, 15) is 9.18 Å². The van der Waals surface area contributed by atoms with E-state index in [-0.39, 0.29) is 5.56 Å². The SMILES string of the molecule is O=C(Nc1nc(-c2ccc(Cl)cc2Cl)cs1)c1ccccc1F. The molecular formula is C16H9Cl2FN2OS. The number of carbonyl (C=O) groups is 1. The highest BCUT2D eigenvalue weighted by Crippen LogP contribution is 2.32. The highest BCUT2D eigenvalue weighted by Gasteiger charge is 2.14. The molecule has 1 aromatic heterocycles. The molecule has 0 unspecified atom stereocenters. The van der Waals surface area contributed by atoms with Crippen molar-refractivity contribution in [1.82, 2.24) is 4.98 Å². The van der Waals surface area contributed by atoms with Crippen molar-refractivity contribution in [3.63, 3.8) is 0 Å². The normalized spacial score (nSPS) is 10.6. The van der Waals surface area contributed by atoms with E-state index < -0.39 is 11.7 Å². The van der Waals surface area contributed by atoms with Gasteiger partial charge < -0.3 is 0 Å². The fraction of sp³-hybridized carbons (Fsp3) is 0. The Bertz CT molecular complexity index is 882. The first-order chi connectivity index (χ1) is 11.0. The van der Waals surface area contributed by atoms with E-state index in [1.807, 2.05) is 0 Å². The van der Waals surface area contributed by atoms with Gasteiger partial charge in [0.15, 0.2) is 5.13 Å². The monoisotopic (exact) mass is 366 g/mol. The number of nitrogens with one attached hydrogen (secondary N) is 1. The third kappa shape index (κ3) is 3.52. The first-order valence-electron chi connectivity index (χ1n) is 6.51. The molecule has 0 aliphatic heterocycles. The summed E-state index contributed by atoms with van der Waals surface area (Å²) in [4.78, 5) is 16.4. The molecule has 0 fully saturated rings. The largest absolute Gasteiger partial charge is 0.298 e. The van der Waals surface area contributed by atoms with Crippen LogP contribution in [0.3, 0.4) is 0 Å². The Labute approximate surface area is 145 Å². The third-order valence-corrected chi connectivity index (χ3v) is 4.36. The number of amides is 1. The molecular weight excluding hydrogens is 358 g/mol. The molecule has 1 heterocycles. The molecule has 23 heavy (non-hydrogen) atoms. The highest BCUT2D eigenvalue weighted by atomic mass is 35.5. The topological polar surface area (TPSA) is 42.0 Å². The van der Waals surface area contributed by atoms with Gasteiger partial charge in [-0.25, -0.2) is 9.37 Å². The van der Waals surface area contributed by atoms with Crippen LogP contribution in [0.1, 0.15) is 10.4 Å². The molecule has 0 radical (unpaired) electrons. The Morgan fingerprint density at radius 2 is 1.96 bits per heavy atom. The molecule has 0 saturated heterocycles. The first kappa shape index (κ1) is 15.9. The van der Waals surface area contributed by atoms with Crippen LogP contribution < -0.4 is 5.32 Å². The maximum atomic E-state index is 13.6. The van der Waals surface area contributed by atoms with Crippen LogP contribution in [0.5, 0.6) is 0 Å². The van der Waals surface area contributed by atoms with Gasteiger partial charge in [0.2, 0.25) is 0 Å². The van der Waals surface area contributed by atoms with Crippen LogP contribution in [-0.2, 0) is 0 Å². The van der Waals surface area contributed by atoms with Crippen LogP contribution in [-0.4, -0.2) is 10.9 Å². The number of benzene rings is 2. The van der Waals surface area contributed by atoms with E-state index in [0.717, 1.165) is 0 Å². The van der Waals surface area contributed by atoms with Crippen molar-refractivity contribution in [2.75, 3.05) is 5.32 Å². The Kier molecular flexibility index (Phi) is 4.61. The lowest BCUT2D eigenvalue weighted by molar-refractivity contribution is 0.102. The zero-order chi connectivity index (χ0) is 16.4. The molecule has 0 aliphatic carbocycles. The number of carbonyl (C=O) groups excluding carboxylic acids is 1. The number of rotatable bonds is 3.